The zero-order valence-electron chi connectivity index (χ0n) is 12.0. The molecule has 2 rings (SSSR count). The van der Waals surface area contributed by atoms with E-state index in [1.165, 1.54) is 6.33 Å². The molecule has 1 fully saturated rings. The van der Waals surface area contributed by atoms with Crippen LogP contribution >= 0.6 is 11.6 Å². The van der Waals surface area contributed by atoms with E-state index in [1.54, 1.807) is 11.1 Å². The molecule has 0 spiro atoms. The quantitative estimate of drug-likeness (QED) is 0.795. The number of carbonyl (C=O) groups is 1. The number of halogens is 1. The van der Waals surface area contributed by atoms with Crippen molar-refractivity contribution in [3.05, 3.63) is 17.5 Å². The Morgan fingerprint density at radius 1 is 1.30 bits per heavy atom. The number of piperazine rings is 1. The Bertz CT molecular complexity index is 482. The Morgan fingerprint density at radius 3 is 2.50 bits per heavy atom. The molecule has 0 unspecified atom stereocenters. The number of rotatable bonds is 1. The lowest BCUT2D eigenvalue weighted by Crippen LogP contribution is -2.50. The second-order valence-corrected chi connectivity index (χ2v) is 6.06. The fraction of sp³-hybridized carbons (Fsp3) is 0.615. The highest BCUT2D eigenvalue weighted by Crippen LogP contribution is 2.22. The fourth-order valence-electron chi connectivity index (χ4n) is 1.97. The van der Waals surface area contributed by atoms with Crippen molar-refractivity contribution in [2.24, 2.45) is 0 Å². The van der Waals surface area contributed by atoms with Gasteiger partial charge in [-0.3, -0.25) is 0 Å². The summed E-state index contributed by atoms with van der Waals surface area (Å²) in [7, 11) is 0. The second-order valence-electron chi connectivity index (χ2n) is 5.65. The molecule has 1 aliphatic rings. The van der Waals surface area contributed by atoms with Crippen molar-refractivity contribution in [2.75, 3.05) is 31.1 Å². The largest absolute Gasteiger partial charge is 0.444 e. The molecule has 1 amide bonds. The molecule has 0 radical (unpaired) electrons. The predicted molar refractivity (Wildman–Crippen MR) is 77.1 cm³/mol. The summed E-state index contributed by atoms with van der Waals surface area (Å²) >= 11 is 6.07. The number of ether oxygens (including phenoxy) is 1. The normalized spacial score (nSPS) is 16.2. The highest BCUT2D eigenvalue weighted by Gasteiger charge is 2.26. The number of aromatic nitrogens is 2. The first kappa shape index (κ1) is 14.8. The SMILES string of the molecule is CC(C)(C)OC(=O)N1CCN(c2ncncc2Cl)CC1. The maximum atomic E-state index is 12.0. The minimum Gasteiger partial charge on any atom is -0.444 e. The third-order valence-corrected chi connectivity index (χ3v) is 3.15. The van der Waals surface area contributed by atoms with E-state index < -0.39 is 5.60 Å². The topological polar surface area (TPSA) is 58.6 Å². The average Bonchev–Trinajstić information content (AvgIpc) is 2.37. The van der Waals surface area contributed by atoms with Gasteiger partial charge in [0.2, 0.25) is 0 Å². The molecule has 1 saturated heterocycles. The number of anilines is 1. The molecular weight excluding hydrogens is 280 g/mol. The van der Waals surface area contributed by atoms with Crippen molar-refractivity contribution in [3.63, 3.8) is 0 Å². The summed E-state index contributed by atoms with van der Waals surface area (Å²) in [5.74, 6) is 0.713. The van der Waals surface area contributed by atoms with Gasteiger partial charge in [0.05, 0.1) is 6.20 Å². The maximum absolute atomic E-state index is 12.0. The van der Waals surface area contributed by atoms with Gasteiger partial charge in [0.15, 0.2) is 5.82 Å². The Kier molecular flexibility index (Phi) is 4.32. The van der Waals surface area contributed by atoms with E-state index in [2.05, 4.69) is 9.97 Å². The monoisotopic (exact) mass is 298 g/mol. The van der Waals surface area contributed by atoms with Gasteiger partial charge in [0.25, 0.3) is 0 Å². The number of hydrogen-bond acceptors (Lipinski definition) is 5. The van der Waals surface area contributed by atoms with Crippen LogP contribution in [0.2, 0.25) is 5.02 Å². The van der Waals surface area contributed by atoms with E-state index in [1.807, 2.05) is 25.7 Å². The van der Waals surface area contributed by atoms with Crippen LogP contribution in [0.15, 0.2) is 12.5 Å². The van der Waals surface area contributed by atoms with E-state index in [-0.39, 0.29) is 6.09 Å². The lowest BCUT2D eigenvalue weighted by molar-refractivity contribution is 0.0240. The standard InChI is InChI=1S/C13H19ClN4O2/c1-13(2,3)20-12(19)18-6-4-17(5-7-18)11-10(14)8-15-9-16-11/h8-9H,4-7H2,1-3H3. The third kappa shape index (κ3) is 3.72. The first-order chi connectivity index (χ1) is 9.37. The summed E-state index contributed by atoms with van der Waals surface area (Å²) in [4.78, 5) is 23.8. The molecule has 1 aliphatic heterocycles. The Balaban J connectivity index is 1.93. The second kappa shape index (κ2) is 5.83. The molecule has 6 nitrogen and oxygen atoms in total. The van der Waals surface area contributed by atoms with Crippen LogP contribution in [0.25, 0.3) is 0 Å². The molecule has 1 aromatic rings. The first-order valence-electron chi connectivity index (χ1n) is 6.55. The molecule has 2 heterocycles. The van der Waals surface area contributed by atoms with Gasteiger partial charge in [-0.2, -0.15) is 0 Å². The van der Waals surface area contributed by atoms with E-state index >= 15 is 0 Å². The van der Waals surface area contributed by atoms with Crippen LogP contribution in [-0.2, 0) is 4.74 Å². The van der Waals surface area contributed by atoms with Crippen molar-refractivity contribution in [2.45, 2.75) is 26.4 Å². The number of nitrogens with zero attached hydrogens (tertiary/aromatic N) is 4. The van der Waals surface area contributed by atoms with Crippen LogP contribution < -0.4 is 4.90 Å². The van der Waals surface area contributed by atoms with Crippen LogP contribution in [0.4, 0.5) is 10.6 Å². The van der Waals surface area contributed by atoms with Crippen LogP contribution in [0.5, 0.6) is 0 Å². The molecule has 110 valence electrons. The Morgan fingerprint density at radius 2 is 1.95 bits per heavy atom. The molecule has 20 heavy (non-hydrogen) atoms. The third-order valence-electron chi connectivity index (χ3n) is 2.88. The van der Waals surface area contributed by atoms with Gasteiger partial charge in [0, 0.05) is 26.2 Å². The van der Waals surface area contributed by atoms with E-state index in [0.717, 1.165) is 0 Å². The summed E-state index contributed by atoms with van der Waals surface area (Å²) in [6.07, 6.45) is 2.77. The van der Waals surface area contributed by atoms with Gasteiger partial charge >= 0.3 is 6.09 Å². The minimum absolute atomic E-state index is 0.272. The molecular formula is C13H19ClN4O2. The van der Waals surface area contributed by atoms with Gasteiger partial charge in [-0.15, -0.1) is 0 Å². The smallest absolute Gasteiger partial charge is 0.410 e. The summed E-state index contributed by atoms with van der Waals surface area (Å²) in [5.41, 5.74) is -0.468. The molecule has 1 aromatic heterocycles. The summed E-state index contributed by atoms with van der Waals surface area (Å²) in [6.45, 7) is 8.13. The molecule has 0 saturated carbocycles. The highest BCUT2D eigenvalue weighted by molar-refractivity contribution is 6.32. The van der Waals surface area contributed by atoms with Crippen LogP contribution in [0, 0.1) is 0 Å². The van der Waals surface area contributed by atoms with Crippen molar-refractivity contribution < 1.29 is 9.53 Å². The summed E-state index contributed by atoms with van der Waals surface area (Å²) in [6, 6.07) is 0. The van der Waals surface area contributed by atoms with Gasteiger partial charge in [-0.25, -0.2) is 14.8 Å². The van der Waals surface area contributed by atoms with Crippen molar-refractivity contribution in [3.8, 4) is 0 Å². The summed E-state index contributed by atoms with van der Waals surface area (Å²) < 4.78 is 5.36. The van der Waals surface area contributed by atoms with E-state index in [9.17, 15) is 4.79 Å². The van der Waals surface area contributed by atoms with Gasteiger partial charge in [-0.05, 0) is 20.8 Å². The van der Waals surface area contributed by atoms with E-state index in [4.69, 9.17) is 16.3 Å². The molecule has 0 aromatic carbocycles. The Hall–Kier alpha value is -1.56. The molecule has 0 bridgehead atoms. The highest BCUT2D eigenvalue weighted by atomic mass is 35.5. The molecule has 0 atom stereocenters. The van der Waals surface area contributed by atoms with Gasteiger partial charge < -0.3 is 14.5 Å². The number of amides is 1. The first-order valence-corrected chi connectivity index (χ1v) is 6.93. The predicted octanol–water partition coefficient (Wildman–Crippen LogP) is 2.19. The fourth-order valence-corrected chi connectivity index (χ4v) is 2.19. The lowest BCUT2D eigenvalue weighted by Gasteiger charge is -2.36. The van der Waals surface area contributed by atoms with Crippen LogP contribution in [0.3, 0.4) is 0 Å². The maximum Gasteiger partial charge on any atom is 0.410 e. The van der Waals surface area contributed by atoms with Crippen LogP contribution in [-0.4, -0.2) is 52.7 Å². The minimum atomic E-state index is -0.468. The molecule has 0 aliphatic carbocycles. The zero-order chi connectivity index (χ0) is 14.8. The van der Waals surface area contributed by atoms with E-state index in [0.29, 0.717) is 37.0 Å². The van der Waals surface area contributed by atoms with Crippen LogP contribution in [0.1, 0.15) is 20.8 Å². The van der Waals surface area contributed by atoms with Crippen molar-refractivity contribution in [1.29, 1.82) is 0 Å². The Labute approximate surface area is 123 Å². The molecule has 0 N–H and O–H groups in total. The zero-order valence-corrected chi connectivity index (χ0v) is 12.7. The molecule has 7 heteroatoms. The lowest BCUT2D eigenvalue weighted by atomic mass is 10.2. The van der Waals surface area contributed by atoms with Gasteiger partial charge in [0.1, 0.15) is 17.0 Å². The number of carbonyl (C=O) groups excluding carboxylic acids is 1. The van der Waals surface area contributed by atoms with Crippen molar-refractivity contribution >= 4 is 23.5 Å². The van der Waals surface area contributed by atoms with Gasteiger partial charge in [-0.1, -0.05) is 11.6 Å². The average molecular weight is 299 g/mol. The number of hydrogen-bond donors (Lipinski definition) is 0. The summed E-state index contributed by atoms with van der Waals surface area (Å²) in [5, 5.41) is 0.526. The van der Waals surface area contributed by atoms with Crippen molar-refractivity contribution in [1.82, 2.24) is 14.9 Å².